The van der Waals surface area contributed by atoms with Crippen LogP contribution in [0.5, 0.6) is 5.75 Å². The lowest BCUT2D eigenvalue weighted by Gasteiger charge is -2.31. The molecule has 150 valence electrons. The standard InChI is InChI=1S/C22H23N3O4/c1-14-19(21(26)29-13-12-27-2)20(15-8-4-7-11-18(15)28-3)25-17-10-6-5-9-16(17)24-22(25)23-14/h4-11,20H,12-13H2,1-3H3,(H,23,24)/t20-/m0/s1. The van der Waals surface area contributed by atoms with E-state index in [1.165, 1.54) is 0 Å². The molecule has 0 saturated carbocycles. The van der Waals surface area contributed by atoms with Crippen LogP contribution in [0.25, 0.3) is 11.0 Å². The second-order valence-electron chi connectivity index (χ2n) is 6.73. The van der Waals surface area contributed by atoms with Crippen LogP contribution in [0.15, 0.2) is 59.8 Å². The van der Waals surface area contributed by atoms with E-state index in [0.717, 1.165) is 16.6 Å². The molecule has 0 spiro atoms. The molecule has 1 N–H and O–H groups in total. The van der Waals surface area contributed by atoms with E-state index in [1.807, 2.05) is 60.0 Å². The molecule has 2 heterocycles. The van der Waals surface area contributed by atoms with Crippen LogP contribution in [0.3, 0.4) is 0 Å². The molecule has 1 atom stereocenters. The number of aromatic nitrogens is 2. The third kappa shape index (κ3) is 3.34. The van der Waals surface area contributed by atoms with Crippen molar-refractivity contribution in [2.75, 3.05) is 32.8 Å². The number of hydrogen-bond acceptors (Lipinski definition) is 6. The first-order valence-corrected chi connectivity index (χ1v) is 9.39. The average Bonchev–Trinajstić information content (AvgIpc) is 3.10. The minimum atomic E-state index is -0.440. The Morgan fingerprint density at radius 2 is 1.86 bits per heavy atom. The zero-order valence-corrected chi connectivity index (χ0v) is 16.6. The van der Waals surface area contributed by atoms with Crippen molar-refractivity contribution in [1.29, 1.82) is 0 Å². The van der Waals surface area contributed by atoms with Crippen molar-refractivity contribution in [2.24, 2.45) is 0 Å². The van der Waals surface area contributed by atoms with Gasteiger partial charge in [0.15, 0.2) is 0 Å². The zero-order chi connectivity index (χ0) is 20.4. The lowest BCUT2D eigenvalue weighted by Crippen LogP contribution is -2.29. The van der Waals surface area contributed by atoms with Gasteiger partial charge in [-0.05, 0) is 25.1 Å². The Bertz CT molecular complexity index is 1090. The van der Waals surface area contributed by atoms with Crippen molar-refractivity contribution in [3.8, 4) is 5.75 Å². The van der Waals surface area contributed by atoms with E-state index in [4.69, 9.17) is 19.2 Å². The number of ether oxygens (including phenoxy) is 3. The second-order valence-corrected chi connectivity index (χ2v) is 6.73. The fourth-order valence-electron chi connectivity index (χ4n) is 3.71. The number of nitrogens with one attached hydrogen (secondary N) is 1. The molecule has 0 aliphatic carbocycles. The van der Waals surface area contributed by atoms with Gasteiger partial charge in [0.1, 0.15) is 12.4 Å². The molecule has 0 bridgehead atoms. The fraction of sp³-hybridized carbons (Fsp3) is 0.273. The predicted octanol–water partition coefficient (Wildman–Crippen LogP) is 3.52. The first-order chi connectivity index (χ1) is 14.2. The van der Waals surface area contributed by atoms with E-state index in [2.05, 4.69) is 5.32 Å². The summed E-state index contributed by atoms with van der Waals surface area (Å²) in [5.74, 6) is 0.970. The molecular formula is C22H23N3O4. The van der Waals surface area contributed by atoms with Gasteiger partial charge in [-0.15, -0.1) is 0 Å². The molecule has 1 aliphatic rings. The van der Waals surface area contributed by atoms with Gasteiger partial charge in [-0.3, -0.25) is 4.57 Å². The average molecular weight is 393 g/mol. The lowest BCUT2D eigenvalue weighted by atomic mass is 9.94. The van der Waals surface area contributed by atoms with Gasteiger partial charge in [0, 0.05) is 18.4 Å². The van der Waals surface area contributed by atoms with Crippen LogP contribution in [-0.4, -0.2) is 43.0 Å². The number of fused-ring (bicyclic) bond motifs is 3. The summed E-state index contributed by atoms with van der Waals surface area (Å²) in [5, 5.41) is 3.27. The predicted molar refractivity (Wildman–Crippen MR) is 110 cm³/mol. The number of para-hydroxylation sites is 3. The molecule has 0 unspecified atom stereocenters. The quantitative estimate of drug-likeness (QED) is 0.510. The number of hydrogen-bond donors (Lipinski definition) is 1. The summed E-state index contributed by atoms with van der Waals surface area (Å²) >= 11 is 0. The maximum atomic E-state index is 13.1. The monoisotopic (exact) mass is 393 g/mol. The number of esters is 1. The number of imidazole rings is 1. The first kappa shape index (κ1) is 19.0. The lowest BCUT2D eigenvalue weighted by molar-refractivity contribution is -0.140. The number of nitrogens with zero attached hydrogens (tertiary/aromatic N) is 2. The molecule has 3 aromatic rings. The maximum Gasteiger partial charge on any atom is 0.338 e. The van der Waals surface area contributed by atoms with Gasteiger partial charge in [0.05, 0.1) is 36.4 Å². The van der Waals surface area contributed by atoms with Crippen LogP contribution in [0, 0.1) is 0 Å². The highest BCUT2D eigenvalue weighted by Gasteiger charge is 2.36. The summed E-state index contributed by atoms with van der Waals surface area (Å²) in [5.41, 5.74) is 3.84. The Kier molecular flexibility index (Phi) is 5.22. The minimum absolute atomic E-state index is 0.183. The van der Waals surface area contributed by atoms with Gasteiger partial charge in [0.2, 0.25) is 5.95 Å². The van der Waals surface area contributed by atoms with Crippen molar-refractivity contribution in [3.63, 3.8) is 0 Å². The molecule has 0 amide bonds. The van der Waals surface area contributed by atoms with E-state index in [-0.39, 0.29) is 6.61 Å². The van der Waals surface area contributed by atoms with Crippen LogP contribution >= 0.6 is 0 Å². The number of anilines is 1. The molecule has 2 aromatic carbocycles. The largest absolute Gasteiger partial charge is 0.496 e. The topological polar surface area (TPSA) is 74.6 Å². The third-order valence-electron chi connectivity index (χ3n) is 5.00. The number of allylic oxidation sites excluding steroid dienone is 1. The van der Waals surface area contributed by atoms with Crippen molar-refractivity contribution >= 4 is 23.0 Å². The maximum absolute atomic E-state index is 13.1. The smallest absolute Gasteiger partial charge is 0.338 e. The van der Waals surface area contributed by atoms with E-state index >= 15 is 0 Å². The number of methoxy groups -OCH3 is 2. The Morgan fingerprint density at radius 3 is 2.66 bits per heavy atom. The molecule has 0 radical (unpaired) electrons. The van der Waals surface area contributed by atoms with Gasteiger partial charge in [-0.2, -0.15) is 0 Å². The summed E-state index contributed by atoms with van der Waals surface area (Å²) < 4.78 is 18.1. The summed E-state index contributed by atoms with van der Waals surface area (Å²) in [6, 6.07) is 15.1. The Balaban J connectivity index is 1.91. The molecule has 1 aliphatic heterocycles. The van der Waals surface area contributed by atoms with Crippen molar-refractivity contribution in [3.05, 3.63) is 65.4 Å². The second kappa shape index (κ2) is 7.97. The zero-order valence-electron chi connectivity index (χ0n) is 16.6. The van der Waals surface area contributed by atoms with E-state index < -0.39 is 12.0 Å². The highest BCUT2D eigenvalue weighted by molar-refractivity contribution is 5.94. The Morgan fingerprint density at radius 1 is 1.10 bits per heavy atom. The van der Waals surface area contributed by atoms with Crippen molar-refractivity contribution in [1.82, 2.24) is 9.55 Å². The summed E-state index contributed by atoms with van der Waals surface area (Å²) in [6.45, 7) is 2.38. The molecule has 0 saturated heterocycles. The van der Waals surface area contributed by atoms with Gasteiger partial charge in [-0.1, -0.05) is 30.3 Å². The summed E-state index contributed by atoms with van der Waals surface area (Å²) in [4.78, 5) is 17.8. The van der Waals surface area contributed by atoms with Gasteiger partial charge < -0.3 is 19.5 Å². The van der Waals surface area contributed by atoms with Crippen LogP contribution in [0.4, 0.5) is 5.95 Å². The fourth-order valence-corrected chi connectivity index (χ4v) is 3.71. The van der Waals surface area contributed by atoms with E-state index in [0.29, 0.717) is 29.6 Å². The number of rotatable bonds is 6. The number of carbonyl (C=O) groups is 1. The minimum Gasteiger partial charge on any atom is -0.496 e. The summed E-state index contributed by atoms with van der Waals surface area (Å²) in [6.07, 6.45) is 0. The number of benzene rings is 2. The van der Waals surface area contributed by atoms with E-state index in [1.54, 1.807) is 14.2 Å². The molecule has 4 rings (SSSR count). The number of carbonyl (C=O) groups excluding carboxylic acids is 1. The highest BCUT2D eigenvalue weighted by Crippen LogP contribution is 2.42. The normalized spacial score (nSPS) is 15.8. The van der Waals surface area contributed by atoms with Crippen LogP contribution in [0.2, 0.25) is 0 Å². The van der Waals surface area contributed by atoms with E-state index in [9.17, 15) is 4.79 Å². The Labute approximate surface area is 168 Å². The Hall–Kier alpha value is -3.32. The molecule has 7 nitrogen and oxygen atoms in total. The molecular weight excluding hydrogens is 370 g/mol. The highest BCUT2D eigenvalue weighted by atomic mass is 16.6. The SMILES string of the molecule is COCCOC(=O)C1=C(C)Nc2nc3ccccc3n2[C@H]1c1ccccc1OC. The van der Waals surface area contributed by atoms with Gasteiger partial charge in [-0.25, -0.2) is 9.78 Å². The van der Waals surface area contributed by atoms with Crippen molar-refractivity contribution in [2.45, 2.75) is 13.0 Å². The molecule has 7 heteroatoms. The van der Waals surface area contributed by atoms with Crippen LogP contribution in [-0.2, 0) is 14.3 Å². The molecule has 0 fully saturated rings. The van der Waals surface area contributed by atoms with Crippen LogP contribution < -0.4 is 10.1 Å². The third-order valence-corrected chi connectivity index (χ3v) is 5.00. The van der Waals surface area contributed by atoms with Crippen molar-refractivity contribution < 1.29 is 19.0 Å². The molecule has 1 aromatic heterocycles. The first-order valence-electron chi connectivity index (χ1n) is 9.39. The van der Waals surface area contributed by atoms with Crippen LogP contribution in [0.1, 0.15) is 18.5 Å². The molecule has 29 heavy (non-hydrogen) atoms. The van der Waals surface area contributed by atoms with Gasteiger partial charge in [0.25, 0.3) is 0 Å². The summed E-state index contributed by atoms with van der Waals surface area (Å²) in [7, 11) is 3.20. The van der Waals surface area contributed by atoms with Gasteiger partial charge >= 0.3 is 5.97 Å².